The highest BCUT2D eigenvalue weighted by atomic mass is 35.5. The molecule has 3 saturated heterocycles. The van der Waals surface area contributed by atoms with Gasteiger partial charge in [-0.1, -0.05) is 29.8 Å². The van der Waals surface area contributed by atoms with Gasteiger partial charge >= 0.3 is 12.3 Å². The number of likely N-dealkylation sites (tertiary alicyclic amines) is 3. The van der Waals surface area contributed by atoms with Crippen molar-refractivity contribution in [1.82, 2.24) is 14.7 Å². The summed E-state index contributed by atoms with van der Waals surface area (Å²) in [6.07, 6.45) is -1.69. The first-order chi connectivity index (χ1) is 22.5. The van der Waals surface area contributed by atoms with E-state index in [4.69, 9.17) is 16.3 Å². The van der Waals surface area contributed by atoms with E-state index in [-0.39, 0.29) is 28.6 Å². The molecule has 2 N–H and O–H groups in total. The van der Waals surface area contributed by atoms with Crippen molar-refractivity contribution in [1.29, 1.82) is 0 Å². The number of ether oxygens (including phenoxy) is 1. The average Bonchev–Trinajstić information content (AvgIpc) is 3.59. The van der Waals surface area contributed by atoms with Crippen LogP contribution < -0.4 is 10.6 Å². The van der Waals surface area contributed by atoms with Crippen molar-refractivity contribution in [3.8, 4) is 0 Å². The van der Waals surface area contributed by atoms with Crippen LogP contribution in [0.4, 0.5) is 29.3 Å². The summed E-state index contributed by atoms with van der Waals surface area (Å²) in [5.74, 6) is -0.493. The van der Waals surface area contributed by atoms with Crippen molar-refractivity contribution in [3.05, 3.63) is 58.1 Å². The highest BCUT2D eigenvalue weighted by Crippen LogP contribution is 2.45. The van der Waals surface area contributed by atoms with E-state index in [0.717, 1.165) is 43.2 Å². The monoisotopic (exact) mass is 675 g/mol. The first kappa shape index (κ1) is 33.4. The topological polar surface area (TPSA) is 94.2 Å². The predicted octanol–water partition coefficient (Wildman–Crippen LogP) is 5.91. The van der Waals surface area contributed by atoms with Gasteiger partial charge in [0.05, 0.1) is 16.3 Å². The average molecular weight is 676 g/mol. The van der Waals surface area contributed by atoms with Crippen LogP contribution in [0.25, 0.3) is 0 Å². The Labute approximate surface area is 277 Å². The molecule has 0 aliphatic carbocycles. The van der Waals surface area contributed by atoms with E-state index >= 15 is 0 Å². The summed E-state index contributed by atoms with van der Waals surface area (Å²) in [5, 5.41) is 5.30. The van der Waals surface area contributed by atoms with Crippen LogP contribution >= 0.6 is 11.6 Å². The van der Waals surface area contributed by atoms with Crippen LogP contribution in [0, 0.1) is 0 Å². The molecule has 0 saturated carbocycles. The summed E-state index contributed by atoms with van der Waals surface area (Å²) in [4.78, 5) is 45.8. The van der Waals surface area contributed by atoms with Gasteiger partial charge in [0, 0.05) is 63.2 Å². The Kier molecular flexibility index (Phi) is 9.62. The van der Waals surface area contributed by atoms with Crippen LogP contribution in [0.1, 0.15) is 61.6 Å². The largest absolute Gasteiger partial charge is 0.436 e. The van der Waals surface area contributed by atoms with Crippen molar-refractivity contribution >= 4 is 40.9 Å². The minimum Gasteiger partial charge on any atom is -0.436 e. The van der Waals surface area contributed by atoms with Gasteiger partial charge in [-0.25, -0.2) is 4.79 Å². The number of anilines is 2. The van der Waals surface area contributed by atoms with Crippen molar-refractivity contribution < 1.29 is 32.3 Å². The molecule has 0 radical (unpaired) electrons. The molecule has 47 heavy (non-hydrogen) atoms. The maximum absolute atomic E-state index is 14.0. The van der Waals surface area contributed by atoms with E-state index in [2.05, 4.69) is 15.5 Å². The van der Waals surface area contributed by atoms with Crippen LogP contribution in [-0.2, 0) is 32.3 Å². The first-order valence-electron chi connectivity index (χ1n) is 16.4. The lowest BCUT2D eigenvalue weighted by Gasteiger charge is -2.44. The number of amides is 3. The molecule has 0 aromatic heterocycles. The zero-order valence-electron chi connectivity index (χ0n) is 26.5. The number of fused-ring (bicyclic) bond motifs is 2. The molecule has 4 heterocycles. The van der Waals surface area contributed by atoms with Gasteiger partial charge in [0.1, 0.15) is 0 Å². The van der Waals surface area contributed by atoms with Crippen LogP contribution in [0.3, 0.4) is 0 Å². The Balaban J connectivity index is 1.19. The van der Waals surface area contributed by atoms with Gasteiger partial charge in [0.2, 0.25) is 5.91 Å². The Morgan fingerprint density at radius 2 is 1.72 bits per heavy atom. The minimum atomic E-state index is -4.69. The lowest BCUT2D eigenvalue weighted by molar-refractivity contribution is -0.142. The number of alkyl halides is 3. The molecule has 13 heteroatoms. The van der Waals surface area contributed by atoms with Crippen molar-refractivity contribution in [2.75, 3.05) is 56.9 Å². The maximum Gasteiger partial charge on any atom is 0.418 e. The summed E-state index contributed by atoms with van der Waals surface area (Å²) in [5.41, 5.74) is 0.337. The highest BCUT2D eigenvalue weighted by molar-refractivity contribution is 6.33. The van der Waals surface area contributed by atoms with Crippen molar-refractivity contribution in [2.45, 2.75) is 75.1 Å². The van der Waals surface area contributed by atoms with Crippen LogP contribution in [0.5, 0.6) is 0 Å². The highest BCUT2D eigenvalue weighted by Gasteiger charge is 2.44. The van der Waals surface area contributed by atoms with Crippen LogP contribution in [0.2, 0.25) is 5.02 Å². The molecule has 254 valence electrons. The number of benzene rings is 2. The third-order valence-electron chi connectivity index (χ3n) is 10.3. The molecule has 2 aromatic rings. The summed E-state index contributed by atoms with van der Waals surface area (Å²) in [6, 6.07) is 10.4. The van der Waals surface area contributed by atoms with Crippen LogP contribution in [0.15, 0.2) is 36.4 Å². The summed E-state index contributed by atoms with van der Waals surface area (Å²) in [7, 11) is 1.36. The Bertz CT molecular complexity index is 1500. The Morgan fingerprint density at radius 1 is 1.04 bits per heavy atom. The van der Waals surface area contributed by atoms with E-state index in [0.29, 0.717) is 51.5 Å². The number of hydrogen-bond donors (Lipinski definition) is 2. The second-order valence-corrected chi connectivity index (χ2v) is 13.6. The second-order valence-electron chi connectivity index (χ2n) is 13.2. The number of hydrogen-bond acceptors (Lipinski definition) is 6. The molecule has 3 fully saturated rings. The molecular formula is C34H41ClF3N5O4. The molecular weight excluding hydrogens is 635 g/mol. The molecule has 9 nitrogen and oxygen atoms in total. The van der Waals surface area contributed by atoms with E-state index in [9.17, 15) is 27.6 Å². The first-order valence-corrected chi connectivity index (χ1v) is 16.8. The van der Waals surface area contributed by atoms with Crippen molar-refractivity contribution in [2.24, 2.45) is 0 Å². The number of para-hydroxylation sites is 1. The van der Waals surface area contributed by atoms with E-state index < -0.39 is 35.3 Å². The number of carbonyl (C=O) groups excluding carboxylic acids is 3. The second kappa shape index (κ2) is 13.5. The van der Waals surface area contributed by atoms with Gasteiger partial charge < -0.3 is 30.1 Å². The zero-order valence-corrected chi connectivity index (χ0v) is 27.3. The quantitative estimate of drug-likeness (QED) is 0.396. The number of carbonyl (C=O) groups is 3. The predicted molar refractivity (Wildman–Crippen MR) is 173 cm³/mol. The molecule has 1 spiro atoms. The summed E-state index contributed by atoms with van der Waals surface area (Å²) >= 11 is 6.27. The number of rotatable bonds is 6. The number of nitrogens with one attached hydrogen (secondary N) is 2. The number of nitrogens with zero attached hydrogens (tertiary/aromatic N) is 3. The van der Waals surface area contributed by atoms with E-state index in [1.165, 1.54) is 30.9 Å². The third kappa shape index (κ3) is 7.04. The third-order valence-corrected chi connectivity index (χ3v) is 10.6. The fraction of sp³-hybridized carbons (Fsp3) is 0.559. The lowest BCUT2D eigenvalue weighted by atomic mass is 9.68. The van der Waals surface area contributed by atoms with Gasteiger partial charge in [-0.05, 0) is 80.9 Å². The zero-order chi connectivity index (χ0) is 33.3. The molecule has 4 aliphatic rings. The van der Waals surface area contributed by atoms with E-state index in [1.54, 1.807) is 4.90 Å². The standard InChI is InChI=1S/C34H41ClF3N5O4/c1-39-30-25(34(36,37)38)18-22(19-26(30)35)20-28(31(45)42-14-8-23(9-15-42)41-12-4-5-13-41)47-32(46)43-16-10-33(11-17-43)21-29(44)40-27-7-3-2-6-24(27)33/h2-3,6-7,18-19,23,28,39H,4-5,8-17,20-21H2,1H3,(H,40,44). The molecule has 6 rings (SSSR count). The SMILES string of the molecule is CNc1c(Cl)cc(CC(OC(=O)N2CCC3(CC2)CC(=O)Nc2ccccc23)C(=O)N2CCC(N3CCCC3)CC2)cc1C(F)(F)F. The summed E-state index contributed by atoms with van der Waals surface area (Å²) in [6.45, 7) is 3.69. The fourth-order valence-corrected chi connectivity index (χ4v) is 8.16. The smallest absolute Gasteiger partial charge is 0.418 e. The molecule has 4 aliphatic heterocycles. The number of halogens is 4. The Hall–Kier alpha value is -3.51. The Morgan fingerprint density at radius 3 is 2.38 bits per heavy atom. The molecule has 1 unspecified atom stereocenters. The van der Waals surface area contributed by atoms with Gasteiger partial charge in [-0.2, -0.15) is 13.2 Å². The lowest BCUT2D eigenvalue weighted by Crippen LogP contribution is -2.52. The van der Waals surface area contributed by atoms with E-state index in [1.807, 2.05) is 24.3 Å². The molecule has 1 atom stereocenters. The summed E-state index contributed by atoms with van der Waals surface area (Å²) < 4.78 is 47.8. The van der Waals surface area contributed by atoms with Crippen LogP contribution in [-0.4, -0.2) is 91.1 Å². The van der Waals surface area contributed by atoms with Crippen molar-refractivity contribution in [3.63, 3.8) is 0 Å². The number of piperidine rings is 2. The minimum absolute atomic E-state index is 0.0694. The fourth-order valence-electron chi connectivity index (χ4n) is 7.82. The maximum atomic E-state index is 14.0. The van der Waals surface area contributed by atoms with Gasteiger partial charge in [-0.15, -0.1) is 0 Å². The molecule has 2 aromatic carbocycles. The molecule has 0 bridgehead atoms. The molecule has 3 amide bonds. The van der Waals surface area contributed by atoms with Gasteiger partial charge in [0.15, 0.2) is 6.10 Å². The van der Waals surface area contributed by atoms with Gasteiger partial charge in [-0.3, -0.25) is 9.59 Å². The normalized spacial score (nSPS) is 20.9. The van der Waals surface area contributed by atoms with Gasteiger partial charge in [0.25, 0.3) is 5.91 Å².